The van der Waals surface area contributed by atoms with Crippen LogP contribution in [-0.2, 0) is 17.8 Å². The highest BCUT2D eigenvalue weighted by Crippen LogP contribution is 2.37. The molecule has 25 heavy (non-hydrogen) atoms. The number of hydrogen-bond donors (Lipinski definition) is 0. The number of piperidine rings is 1. The number of fused-ring (bicyclic) bond motifs is 1. The first-order valence-electron chi connectivity index (χ1n) is 9.40. The summed E-state index contributed by atoms with van der Waals surface area (Å²) in [6.07, 6.45) is 3.28. The first kappa shape index (κ1) is 16.6. The average Bonchev–Trinajstić information content (AvgIpc) is 2.80. The van der Waals surface area contributed by atoms with Gasteiger partial charge in [-0.2, -0.15) is 0 Å². The molecule has 3 nitrogen and oxygen atoms in total. The fourth-order valence-corrected chi connectivity index (χ4v) is 4.01. The minimum Gasteiger partial charge on any atom is -0.487 e. The van der Waals surface area contributed by atoms with Gasteiger partial charge >= 0.3 is 0 Å². The second kappa shape index (κ2) is 7.19. The van der Waals surface area contributed by atoms with Gasteiger partial charge in [-0.3, -0.25) is 0 Å². The second-order valence-corrected chi connectivity index (χ2v) is 7.30. The highest BCUT2D eigenvalue weighted by molar-refractivity contribution is 5.34. The van der Waals surface area contributed by atoms with E-state index in [1.54, 1.807) is 0 Å². The van der Waals surface area contributed by atoms with E-state index in [0.29, 0.717) is 6.61 Å². The van der Waals surface area contributed by atoms with Gasteiger partial charge in [0.2, 0.25) is 0 Å². The van der Waals surface area contributed by atoms with Crippen molar-refractivity contribution in [2.75, 3.05) is 19.6 Å². The molecule has 0 aliphatic carbocycles. The van der Waals surface area contributed by atoms with Crippen LogP contribution in [0.5, 0.6) is 5.75 Å². The van der Waals surface area contributed by atoms with Gasteiger partial charge in [-0.25, -0.2) is 0 Å². The van der Waals surface area contributed by atoms with Crippen LogP contribution in [0.4, 0.5) is 0 Å². The zero-order valence-corrected chi connectivity index (χ0v) is 15.0. The van der Waals surface area contributed by atoms with E-state index in [1.165, 1.54) is 5.56 Å². The predicted octanol–water partition coefficient (Wildman–Crippen LogP) is 4.06. The number of benzene rings is 2. The Bertz CT molecular complexity index is 692. The predicted molar refractivity (Wildman–Crippen MR) is 99.9 cm³/mol. The maximum absolute atomic E-state index is 6.43. The average molecular weight is 337 g/mol. The topological polar surface area (TPSA) is 21.7 Å². The molecular formula is C22H27NO2. The van der Waals surface area contributed by atoms with E-state index in [0.717, 1.165) is 50.2 Å². The van der Waals surface area contributed by atoms with Crippen LogP contribution in [0.15, 0.2) is 54.6 Å². The van der Waals surface area contributed by atoms with Gasteiger partial charge in [0.25, 0.3) is 0 Å². The van der Waals surface area contributed by atoms with E-state index >= 15 is 0 Å². The molecule has 1 atom stereocenters. The summed E-state index contributed by atoms with van der Waals surface area (Å²) < 4.78 is 12.7. The SMILES string of the molecule is CC1Oc2ccccc2COC12CCN(CCc1ccccc1)CC2. The van der Waals surface area contributed by atoms with Crippen LogP contribution in [0, 0.1) is 0 Å². The van der Waals surface area contributed by atoms with Crippen molar-refractivity contribution in [3.8, 4) is 5.75 Å². The van der Waals surface area contributed by atoms with Gasteiger partial charge in [-0.15, -0.1) is 0 Å². The Morgan fingerprint density at radius 2 is 1.72 bits per heavy atom. The smallest absolute Gasteiger partial charge is 0.125 e. The Balaban J connectivity index is 1.36. The minimum absolute atomic E-state index is 0.0902. The Hall–Kier alpha value is -1.84. The summed E-state index contributed by atoms with van der Waals surface area (Å²) in [5.74, 6) is 0.985. The number of rotatable bonds is 3. The van der Waals surface area contributed by atoms with Gasteiger partial charge in [0.15, 0.2) is 0 Å². The number of ether oxygens (including phenoxy) is 2. The number of para-hydroxylation sites is 1. The van der Waals surface area contributed by atoms with Gasteiger partial charge in [0, 0.05) is 25.2 Å². The van der Waals surface area contributed by atoms with Crippen LogP contribution in [0.2, 0.25) is 0 Å². The van der Waals surface area contributed by atoms with E-state index in [-0.39, 0.29) is 11.7 Å². The zero-order valence-electron chi connectivity index (χ0n) is 15.0. The molecule has 2 aromatic rings. The molecular weight excluding hydrogens is 310 g/mol. The highest BCUT2D eigenvalue weighted by Gasteiger charge is 2.43. The van der Waals surface area contributed by atoms with Gasteiger partial charge < -0.3 is 14.4 Å². The van der Waals surface area contributed by atoms with E-state index in [4.69, 9.17) is 9.47 Å². The van der Waals surface area contributed by atoms with Crippen LogP contribution < -0.4 is 4.74 Å². The van der Waals surface area contributed by atoms with Crippen LogP contribution in [-0.4, -0.2) is 36.2 Å². The number of hydrogen-bond acceptors (Lipinski definition) is 3. The van der Waals surface area contributed by atoms with Crippen molar-refractivity contribution in [1.82, 2.24) is 4.90 Å². The molecule has 0 radical (unpaired) electrons. The third-order valence-electron chi connectivity index (χ3n) is 5.79. The Kier molecular flexibility index (Phi) is 4.78. The molecule has 2 aromatic carbocycles. The molecule has 1 unspecified atom stereocenters. The largest absolute Gasteiger partial charge is 0.487 e. The summed E-state index contributed by atoms with van der Waals surface area (Å²) in [6.45, 7) is 6.11. The molecule has 2 aliphatic rings. The summed E-state index contributed by atoms with van der Waals surface area (Å²) in [4.78, 5) is 2.56. The van der Waals surface area contributed by atoms with Crippen molar-refractivity contribution in [2.24, 2.45) is 0 Å². The van der Waals surface area contributed by atoms with Crippen molar-refractivity contribution >= 4 is 0 Å². The first-order valence-corrected chi connectivity index (χ1v) is 9.40. The van der Waals surface area contributed by atoms with Crippen LogP contribution in [0.3, 0.4) is 0 Å². The molecule has 0 aromatic heterocycles. The molecule has 3 heteroatoms. The number of nitrogens with zero attached hydrogens (tertiary/aromatic N) is 1. The first-order chi connectivity index (χ1) is 12.3. The van der Waals surface area contributed by atoms with Crippen LogP contribution in [0.25, 0.3) is 0 Å². The third kappa shape index (κ3) is 3.58. The van der Waals surface area contributed by atoms with Crippen molar-refractivity contribution in [1.29, 1.82) is 0 Å². The quantitative estimate of drug-likeness (QED) is 0.843. The minimum atomic E-state index is -0.151. The van der Waals surface area contributed by atoms with E-state index < -0.39 is 0 Å². The molecule has 0 bridgehead atoms. The molecule has 1 saturated heterocycles. The maximum atomic E-state index is 6.43. The monoisotopic (exact) mass is 337 g/mol. The lowest BCUT2D eigenvalue weighted by Gasteiger charge is -2.43. The molecule has 4 rings (SSSR count). The summed E-state index contributed by atoms with van der Waals surface area (Å²) in [6, 6.07) is 19.0. The molecule has 1 spiro atoms. The highest BCUT2D eigenvalue weighted by atomic mass is 16.6. The van der Waals surface area contributed by atoms with E-state index in [1.807, 2.05) is 6.07 Å². The van der Waals surface area contributed by atoms with Gasteiger partial charge in [-0.05, 0) is 37.8 Å². The normalized spacial score (nSPS) is 22.8. The Morgan fingerprint density at radius 1 is 1.00 bits per heavy atom. The van der Waals surface area contributed by atoms with Gasteiger partial charge in [-0.1, -0.05) is 48.5 Å². The van der Waals surface area contributed by atoms with Crippen molar-refractivity contribution in [2.45, 2.75) is 44.5 Å². The molecule has 0 N–H and O–H groups in total. The van der Waals surface area contributed by atoms with Gasteiger partial charge in [0.05, 0.1) is 6.61 Å². The van der Waals surface area contributed by atoms with Crippen LogP contribution >= 0.6 is 0 Å². The summed E-state index contributed by atoms with van der Waals surface area (Å²) in [5, 5.41) is 0. The summed E-state index contributed by atoms with van der Waals surface area (Å²) in [7, 11) is 0. The van der Waals surface area contributed by atoms with Crippen molar-refractivity contribution < 1.29 is 9.47 Å². The van der Waals surface area contributed by atoms with Gasteiger partial charge in [0.1, 0.15) is 17.5 Å². The molecule has 1 fully saturated rings. The molecule has 2 heterocycles. The molecule has 0 saturated carbocycles. The zero-order chi connectivity index (χ0) is 17.1. The lowest BCUT2D eigenvalue weighted by molar-refractivity contribution is -0.135. The van der Waals surface area contributed by atoms with Crippen LogP contribution in [0.1, 0.15) is 30.9 Å². The molecule has 0 amide bonds. The standard InChI is InChI=1S/C22H27NO2/c1-18-22(24-17-20-9-5-6-10-21(20)25-18)12-15-23(16-13-22)14-11-19-7-3-2-4-8-19/h2-10,18H,11-17H2,1H3. The lowest BCUT2D eigenvalue weighted by atomic mass is 9.86. The fraction of sp³-hybridized carbons (Fsp3) is 0.455. The lowest BCUT2D eigenvalue weighted by Crippen LogP contribution is -2.53. The summed E-state index contributed by atoms with van der Waals surface area (Å²) >= 11 is 0. The van der Waals surface area contributed by atoms with Crippen molar-refractivity contribution in [3.05, 3.63) is 65.7 Å². The molecule has 2 aliphatic heterocycles. The second-order valence-electron chi connectivity index (χ2n) is 7.30. The Labute approximate surface area is 150 Å². The van der Waals surface area contributed by atoms with Crippen molar-refractivity contribution in [3.63, 3.8) is 0 Å². The third-order valence-corrected chi connectivity index (χ3v) is 5.79. The van der Waals surface area contributed by atoms with E-state index in [9.17, 15) is 0 Å². The van der Waals surface area contributed by atoms with E-state index in [2.05, 4.69) is 60.4 Å². The molecule has 132 valence electrons. The fourth-order valence-electron chi connectivity index (χ4n) is 4.01. The Morgan fingerprint density at radius 3 is 2.52 bits per heavy atom. The summed E-state index contributed by atoms with van der Waals surface area (Å²) in [5.41, 5.74) is 2.43. The number of likely N-dealkylation sites (tertiary alicyclic amines) is 1. The maximum Gasteiger partial charge on any atom is 0.125 e.